The number of benzene rings is 3. The van der Waals surface area contributed by atoms with Crippen LogP contribution in [-0.4, -0.2) is 78.9 Å². The van der Waals surface area contributed by atoms with Crippen molar-refractivity contribution in [3.05, 3.63) is 102 Å². The van der Waals surface area contributed by atoms with Crippen molar-refractivity contribution in [3.8, 4) is 5.75 Å². The molecule has 2 heterocycles. The number of rotatable bonds is 8. The number of carbonyl (C=O) groups excluding carboxylic acids is 3. The third kappa shape index (κ3) is 7.99. The molecule has 1 saturated heterocycles. The van der Waals surface area contributed by atoms with E-state index in [0.29, 0.717) is 35.1 Å². The second-order valence-electron chi connectivity index (χ2n) is 11.9. The zero-order valence-corrected chi connectivity index (χ0v) is 26.7. The van der Waals surface area contributed by atoms with Gasteiger partial charge in [0.25, 0.3) is 5.91 Å². The Balaban J connectivity index is 1.30. The highest BCUT2D eigenvalue weighted by Gasteiger charge is 2.32. The van der Waals surface area contributed by atoms with Gasteiger partial charge in [-0.05, 0) is 62.7 Å². The number of pyridine rings is 1. The zero-order chi connectivity index (χ0) is 32.9. The molecule has 1 aromatic heterocycles. The summed E-state index contributed by atoms with van der Waals surface area (Å²) in [6, 6.07) is 22.3. The van der Waals surface area contributed by atoms with Gasteiger partial charge < -0.3 is 24.0 Å². The molecule has 0 bridgehead atoms. The summed E-state index contributed by atoms with van der Waals surface area (Å²) in [6.07, 6.45) is 1.23. The van der Waals surface area contributed by atoms with E-state index >= 15 is 0 Å². The first-order chi connectivity index (χ1) is 21.9. The third-order valence-corrected chi connectivity index (χ3v) is 8.60. The van der Waals surface area contributed by atoms with E-state index in [0.717, 1.165) is 0 Å². The van der Waals surface area contributed by atoms with Gasteiger partial charge >= 0.3 is 16.2 Å². The molecule has 0 radical (unpaired) electrons. The summed E-state index contributed by atoms with van der Waals surface area (Å²) < 4.78 is 37.2. The van der Waals surface area contributed by atoms with Crippen molar-refractivity contribution in [2.45, 2.75) is 43.7 Å². The lowest BCUT2D eigenvalue weighted by atomic mass is 10.0. The van der Waals surface area contributed by atoms with E-state index in [4.69, 9.17) is 8.92 Å². The number of piperazine rings is 1. The largest absolute Gasteiger partial charge is 0.444 e. The molecule has 1 aliphatic rings. The van der Waals surface area contributed by atoms with Gasteiger partial charge in [-0.3, -0.25) is 14.6 Å². The van der Waals surface area contributed by atoms with Gasteiger partial charge in [0, 0.05) is 49.7 Å². The van der Waals surface area contributed by atoms with Crippen LogP contribution in [0.15, 0.2) is 96.0 Å². The van der Waals surface area contributed by atoms with Crippen molar-refractivity contribution in [1.82, 2.24) is 20.1 Å². The van der Waals surface area contributed by atoms with Gasteiger partial charge in [-0.2, -0.15) is 8.42 Å². The van der Waals surface area contributed by atoms with Crippen LogP contribution in [0.4, 0.5) is 4.79 Å². The Hall–Kier alpha value is -4.97. The Kier molecular flexibility index (Phi) is 9.57. The number of aromatic nitrogens is 1. The van der Waals surface area contributed by atoms with Crippen molar-refractivity contribution >= 4 is 38.9 Å². The van der Waals surface area contributed by atoms with Crippen molar-refractivity contribution in [2.24, 2.45) is 0 Å². The fourth-order valence-electron chi connectivity index (χ4n) is 5.05. The molecule has 1 atom stereocenters. The van der Waals surface area contributed by atoms with Crippen molar-refractivity contribution in [3.63, 3.8) is 0 Å². The highest BCUT2D eigenvalue weighted by atomic mass is 32.2. The Morgan fingerprint density at radius 2 is 1.50 bits per heavy atom. The molecule has 0 unspecified atom stereocenters. The Morgan fingerprint density at radius 3 is 2.17 bits per heavy atom. The molecule has 0 saturated carbocycles. The second-order valence-corrected chi connectivity index (χ2v) is 13.4. The van der Waals surface area contributed by atoms with E-state index in [9.17, 15) is 22.8 Å². The highest BCUT2D eigenvalue weighted by molar-refractivity contribution is 7.87. The Labute approximate surface area is 268 Å². The Morgan fingerprint density at radius 1 is 0.848 bits per heavy atom. The maximum Gasteiger partial charge on any atom is 0.410 e. The van der Waals surface area contributed by atoms with Crippen LogP contribution in [0.3, 0.4) is 0 Å². The number of amides is 3. The van der Waals surface area contributed by atoms with Crippen LogP contribution >= 0.6 is 0 Å². The van der Waals surface area contributed by atoms with Gasteiger partial charge in [-0.15, -0.1) is 0 Å². The summed E-state index contributed by atoms with van der Waals surface area (Å²) in [7, 11) is -4.19. The maximum absolute atomic E-state index is 13.8. The molecule has 1 fully saturated rings. The van der Waals surface area contributed by atoms with Crippen LogP contribution in [-0.2, 0) is 26.1 Å². The van der Waals surface area contributed by atoms with E-state index < -0.39 is 33.8 Å². The minimum Gasteiger partial charge on any atom is -0.444 e. The molecule has 1 aliphatic heterocycles. The van der Waals surface area contributed by atoms with E-state index in [-0.39, 0.29) is 36.1 Å². The molecule has 5 rings (SSSR count). The average Bonchev–Trinajstić information content (AvgIpc) is 3.04. The topological polar surface area (TPSA) is 135 Å². The highest BCUT2D eigenvalue weighted by Crippen LogP contribution is 2.25. The molecule has 3 amide bonds. The molecule has 4 aromatic rings. The molecule has 240 valence electrons. The number of hydrogen-bond donors (Lipinski definition) is 1. The van der Waals surface area contributed by atoms with Gasteiger partial charge in [0.05, 0.1) is 5.52 Å². The second kappa shape index (κ2) is 13.6. The lowest BCUT2D eigenvalue weighted by molar-refractivity contribution is -0.135. The first-order valence-corrected chi connectivity index (χ1v) is 16.3. The van der Waals surface area contributed by atoms with Gasteiger partial charge in [-0.1, -0.05) is 48.5 Å². The van der Waals surface area contributed by atoms with Crippen LogP contribution in [0.2, 0.25) is 0 Å². The minimum absolute atomic E-state index is 0.0456. The Bertz CT molecular complexity index is 1810. The summed E-state index contributed by atoms with van der Waals surface area (Å²) in [5.74, 6) is -0.605. The van der Waals surface area contributed by atoms with E-state index in [1.165, 1.54) is 24.4 Å². The summed E-state index contributed by atoms with van der Waals surface area (Å²) >= 11 is 0. The molecule has 0 aliphatic carbocycles. The first-order valence-electron chi connectivity index (χ1n) is 14.9. The van der Waals surface area contributed by atoms with Crippen LogP contribution in [0.1, 0.15) is 36.7 Å². The van der Waals surface area contributed by atoms with Crippen LogP contribution in [0, 0.1) is 0 Å². The van der Waals surface area contributed by atoms with Gasteiger partial charge in [0.1, 0.15) is 22.3 Å². The number of hydrogen-bond acceptors (Lipinski definition) is 8. The quantitative estimate of drug-likeness (QED) is 0.279. The van der Waals surface area contributed by atoms with Crippen molar-refractivity contribution < 1.29 is 31.7 Å². The number of nitrogens with one attached hydrogen (secondary N) is 1. The molecule has 0 spiro atoms. The van der Waals surface area contributed by atoms with E-state index in [1.54, 1.807) is 97.3 Å². The number of nitrogens with zero attached hydrogens (tertiary/aromatic N) is 3. The summed E-state index contributed by atoms with van der Waals surface area (Å²) in [6.45, 7) is 6.55. The lowest BCUT2D eigenvalue weighted by Gasteiger charge is -2.37. The third-order valence-electron chi connectivity index (χ3n) is 7.32. The fourth-order valence-corrected chi connectivity index (χ4v) is 6.16. The molecule has 1 N–H and O–H groups in total. The normalized spacial score (nSPS) is 14.4. The number of carbonyl (C=O) groups is 3. The molecular formula is C34H36N4O7S. The number of ether oxygens (including phenoxy) is 1. The van der Waals surface area contributed by atoms with Crippen molar-refractivity contribution in [2.75, 3.05) is 26.2 Å². The van der Waals surface area contributed by atoms with Gasteiger partial charge in [-0.25, -0.2) is 4.79 Å². The first kappa shape index (κ1) is 32.4. The number of para-hydroxylation sites is 1. The lowest BCUT2D eigenvalue weighted by Crippen LogP contribution is -2.56. The number of fused-ring (bicyclic) bond motifs is 1. The van der Waals surface area contributed by atoms with Gasteiger partial charge in [0.2, 0.25) is 5.91 Å². The fraction of sp³-hybridized carbons (Fsp3) is 0.294. The molecule has 11 nitrogen and oxygen atoms in total. The zero-order valence-electron chi connectivity index (χ0n) is 25.9. The molecule has 12 heteroatoms. The summed E-state index contributed by atoms with van der Waals surface area (Å²) in [5.41, 5.74) is 0.765. The smallest absolute Gasteiger partial charge is 0.410 e. The predicted octanol–water partition coefficient (Wildman–Crippen LogP) is 4.42. The molecule has 46 heavy (non-hydrogen) atoms. The average molecular weight is 645 g/mol. The molecule has 3 aromatic carbocycles. The predicted molar refractivity (Wildman–Crippen MR) is 172 cm³/mol. The van der Waals surface area contributed by atoms with E-state index in [1.807, 2.05) is 0 Å². The summed E-state index contributed by atoms with van der Waals surface area (Å²) in [5, 5.41) is 3.53. The maximum atomic E-state index is 13.8. The summed E-state index contributed by atoms with van der Waals surface area (Å²) in [4.78, 5) is 46.7. The van der Waals surface area contributed by atoms with Crippen LogP contribution < -0.4 is 9.50 Å². The van der Waals surface area contributed by atoms with Crippen LogP contribution in [0.25, 0.3) is 10.9 Å². The van der Waals surface area contributed by atoms with Gasteiger partial charge in [0.15, 0.2) is 0 Å². The van der Waals surface area contributed by atoms with E-state index in [2.05, 4.69) is 10.3 Å². The van der Waals surface area contributed by atoms with Crippen molar-refractivity contribution in [1.29, 1.82) is 0 Å². The molecular weight excluding hydrogens is 608 g/mol. The standard InChI is InChI=1S/C34H36N4O7S/c1-34(2,3)44-33(41)38-21-19-37(20-22-38)32(40)28(36-31(39)26-9-5-4-6-10-26)23-24-14-16-27(17-15-24)45-46(42,43)29-13-7-11-25-12-8-18-35-30(25)29/h4-18,28H,19-23H2,1-3H3,(H,36,39)/t28-/m0/s1. The SMILES string of the molecule is CC(C)(C)OC(=O)N1CCN(C(=O)[C@H](Cc2ccc(OS(=O)(=O)c3cccc4cccnc34)cc2)NC(=O)c2ccccc2)CC1. The monoisotopic (exact) mass is 644 g/mol. The van der Waals surface area contributed by atoms with Crippen LogP contribution in [0.5, 0.6) is 5.75 Å². The minimum atomic E-state index is -4.19.